The van der Waals surface area contributed by atoms with Gasteiger partial charge in [-0.2, -0.15) is 5.26 Å². The fourth-order valence-corrected chi connectivity index (χ4v) is 6.00. The maximum Gasteiger partial charge on any atom is 0.251 e. The number of halogens is 3. The van der Waals surface area contributed by atoms with E-state index in [1.54, 1.807) is 18.2 Å². The number of benzene rings is 2. The zero-order valence-corrected chi connectivity index (χ0v) is 24.2. The van der Waals surface area contributed by atoms with Crippen LogP contribution in [0.15, 0.2) is 66.9 Å². The van der Waals surface area contributed by atoms with Crippen LogP contribution in [0.5, 0.6) is 0 Å². The molecule has 228 valence electrons. The lowest BCUT2D eigenvalue weighted by atomic mass is 9.91. The van der Waals surface area contributed by atoms with Crippen LogP contribution in [0, 0.1) is 17.1 Å². The number of alkyl halides is 2. The summed E-state index contributed by atoms with van der Waals surface area (Å²) in [5.74, 6) is -4.95. The van der Waals surface area contributed by atoms with Crippen molar-refractivity contribution >= 4 is 29.2 Å². The minimum atomic E-state index is -2.80. The third-order valence-corrected chi connectivity index (χ3v) is 8.24. The Balaban J connectivity index is 1.61. The van der Waals surface area contributed by atoms with Crippen molar-refractivity contribution in [3.05, 3.63) is 89.4 Å². The molecule has 1 N–H and O–H groups in total. The normalized spacial score (nSPS) is 18.8. The molecule has 1 unspecified atom stereocenters. The van der Waals surface area contributed by atoms with Crippen molar-refractivity contribution < 1.29 is 27.6 Å². The lowest BCUT2D eigenvalue weighted by Crippen LogP contribution is -2.53. The summed E-state index contributed by atoms with van der Waals surface area (Å²) in [5, 5.41) is 12.3. The van der Waals surface area contributed by atoms with E-state index in [9.17, 15) is 32.8 Å². The number of amides is 3. The van der Waals surface area contributed by atoms with E-state index in [0.717, 1.165) is 11.6 Å². The average Bonchev–Trinajstić information content (AvgIpc) is 3.41. The van der Waals surface area contributed by atoms with Crippen LogP contribution in [0.2, 0.25) is 0 Å². The van der Waals surface area contributed by atoms with Gasteiger partial charge in [0.05, 0.1) is 11.6 Å². The number of pyridine rings is 1. The number of hydrogen-bond donors (Lipinski definition) is 1. The third-order valence-electron chi connectivity index (χ3n) is 8.24. The maximum atomic E-state index is 14.7. The summed E-state index contributed by atoms with van der Waals surface area (Å²) in [4.78, 5) is 48.7. The van der Waals surface area contributed by atoms with Crippen LogP contribution in [-0.2, 0) is 20.8 Å². The van der Waals surface area contributed by atoms with Gasteiger partial charge in [0.25, 0.3) is 5.91 Å². The first-order chi connectivity index (χ1) is 21.1. The molecule has 2 aliphatic rings. The summed E-state index contributed by atoms with van der Waals surface area (Å²) in [5.41, 5.74) is 1.59. The van der Waals surface area contributed by atoms with E-state index in [1.807, 2.05) is 19.1 Å². The highest BCUT2D eigenvalue weighted by Crippen LogP contribution is 2.37. The van der Waals surface area contributed by atoms with E-state index in [4.69, 9.17) is 0 Å². The van der Waals surface area contributed by atoms with Gasteiger partial charge < -0.3 is 5.32 Å². The second-order valence-corrected chi connectivity index (χ2v) is 11.1. The van der Waals surface area contributed by atoms with E-state index in [1.165, 1.54) is 46.3 Å². The number of rotatable bonds is 8. The van der Waals surface area contributed by atoms with Crippen LogP contribution < -0.4 is 15.1 Å². The number of carbonyl (C=O) groups is 3. The Hall–Kier alpha value is -4.72. The molecular formula is C33H32F3N5O3. The number of carbonyl (C=O) groups excluding carboxylic acids is 3. The Labute approximate surface area is 253 Å². The van der Waals surface area contributed by atoms with Crippen molar-refractivity contribution in [1.82, 2.24) is 10.3 Å². The summed E-state index contributed by atoms with van der Waals surface area (Å²) in [6.07, 6.45) is 1.41. The molecule has 1 saturated heterocycles. The SMILES string of the molecule is CCc1ccccc1C(C(=O)NC1CCC(F)(F)CC1)N(C(=O)[C@@H]1CCC(=O)N1c1cc(C#N)ccn1)c1cccc(F)c1. The van der Waals surface area contributed by atoms with Gasteiger partial charge in [-0.3, -0.25) is 24.2 Å². The molecule has 0 bridgehead atoms. The molecule has 2 heterocycles. The predicted molar refractivity (Wildman–Crippen MR) is 157 cm³/mol. The molecule has 44 heavy (non-hydrogen) atoms. The second-order valence-electron chi connectivity index (χ2n) is 11.1. The fraction of sp³-hybridized carbons (Fsp3) is 0.364. The van der Waals surface area contributed by atoms with Gasteiger partial charge >= 0.3 is 0 Å². The molecule has 3 aromatic rings. The van der Waals surface area contributed by atoms with E-state index >= 15 is 0 Å². The number of nitrogens with zero attached hydrogens (tertiary/aromatic N) is 4. The van der Waals surface area contributed by atoms with Gasteiger partial charge in [0.1, 0.15) is 23.7 Å². The molecular weight excluding hydrogens is 571 g/mol. The van der Waals surface area contributed by atoms with Crippen molar-refractivity contribution in [1.29, 1.82) is 5.26 Å². The largest absolute Gasteiger partial charge is 0.351 e. The van der Waals surface area contributed by atoms with E-state index in [0.29, 0.717) is 12.0 Å². The fourth-order valence-electron chi connectivity index (χ4n) is 6.00. The van der Waals surface area contributed by atoms with Crippen LogP contribution in [0.1, 0.15) is 68.2 Å². The smallest absolute Gasteiger partial charge is 0.251 e. The van der Waals surface area contributed by atoms with E-state index < -0.39 is 41.7 Å². The van der Waals surface area contributed by atoms with Gasteiger partial charge in [-0.15, -0.1) is 0 Å². The molecule has 2 aromatic carbocycles. The second kappa shape index (κ2) is 12.9. The predicted octanol–water partition coefficient (Wildman–Crippen LogP) is 5.62. The Morgan fingerprint density at radius 3 is 2.57 bits per heavy atom. The minimum absolute atomic E-state index is 0.0184. The average molecular weight is 604 g/mol. The highest BCUT2D eigenvalue weighted by molar-refractivity contribution is 6.10. The van der Waals surface area contributed by atoms with Crippen molar-refractivity contribution in [2.45, 2.75) is 75.9 Å². The van der Waals surface area contributed by atoms with Crippen molar-refractivity contribution in [2.75, 3.05) is 9.80 Å². The number of aromatic nitrogens is 1. The molecule has 8 nitrogen and oxygen atoms in total. The quantitative estimate of drug-likeness (QED) is 0.360. The van der Waals surface area contributed by atoms with Gasteiger partial charge in [-0.05, 0) is 67.1 Å². The molecule has 0 radical (unpaired) electrons. The summed E-state index contributed by atoms with van der Waals surface area (Å²) in [6, 6.07) is 14.3. The van der Waals surface area contributed by atoms with Gasteiger partial charge in [0.15, 0.2) is 0 Å². The molecule has 1 aromatic heterocycles. The van der Waals surface area contributed by atoms with Crippen LogP contribution in [0.3, 0.4) is 0 Å². The Morgan fingerprint density at radius 2 is 1.86 bits per heavy atom. The molecule has 1 saturated carbocycles. The monoisotopic (exact) mass is 603 g/mol. The van der Waals surface area contributed by atoms with Crippen molar-refractivity contribution in [2.24, 2.45) is 0 Å². The lowest BCUT2D eigenvalue weighted by molar-refractivity contribution is -0.128. The first-order valence-corrected chi connectivity index (χ1v) is 14.6. The molecule has 1 aliphatic heterocycles. The zero-order valence-electron chi connectivity index (χ0n) is 24.2. The molecule has 0 spiro atoms. The van der Waals surface area contributed by atoms with Gasteiger partial charge in [-0.25, -0.2) is 18.2 Å². The van der Waals surface area contributed by atoms with Crippen LogP contribution in [0.4, 0.5) is 24.7 Å². The highest BCUT2D eigenvalue weighted by Gasteiger charge is 2.45. The number of nitrogens with one attached hydrogen (secondary N) is 1. The molecule has 2 atom stereocenters. The van der Waals surface area contributed by atoms with Crippen molar-refractivity contribution in [3.63, 3.8) is 0 Å². The number of aryl methyl sites for hydroxylation is 1. The summed E-state index contributed by atoms with van der Waals surface area (Å²) < 4.78 is 42.5. The molecule has 11 heteroatoms. The Bertz CT molecular complexity index is 1600. The van der Waals surface area contributed by atoms with Crippen LogP contribution in [0.25, 0.3) is 0 Å². The molecule has 5 rings (SSSR count). The zero-order chi connectivity index (χ0) is 31.4. The highest BCUT2D eigenvalue weighted by atomic mass is 19.3. The van der Waals surface area contributed by atoms with Crippen LogP contribution >= 0.6 is 0 Å². The Morgan fingerprint density at radius 1 is 1.11 bits per heavy atom. The topological polar surface area (TPSA) is 106 Å². The van der Waals surface area contributed by atoms with Crippen LogP contribution in [-0.4, -0.2) is 40.7 Å². The third kappa shape index (κ3) is 6.44. The minimum Gasteiger partial charge on any atom is -0.351 e. The summed E-state index contributed by atoms with van der Waals surface area (Å²) in [7, 11) is 0. The number of hydrogen-bond acceptors (Lipinski definition) is 5. The van der Waals surface area contributed by atoms with E-state index in [-0.39, 0.29) is 61.5 Å². The lowest BCUT2D eigenvalue weighted by Gasteiger charge is -2.37. The van der Waals surface area contributed by atoms with Gasteiger partial charge in [-0.1, -0.05) is 37.3 Å². The number of anilines is 2. The van der Waals surface area contributed by atoms with Gasteiger partial charge in [0, 0.05) is 37.2 Å². The molecule has 1 aliphatic carbocycles. The first-order valence-electron chi connectivity index (χ1n) is 14.6. The maximum absolute atomic E-state index is 14.7. The van der Waals surface area contributed by atoms with Gasteiger partial charge in [0.2, 0.25) is 17.7 Å². The number of nitriles is 1. The standard InChI is InChI=1S/C33H32F3N5O3/c1-2-22-6-3-4-9-26(22)30(31(43)39-24-12-15-33(35,36)16-13-24)40(25-8-5-7-23(34)19-25)32(44)27-10-11-29(42)41(27)28-18-21(20-37)14-17-38-28/h3-9,14,17-19,24,27,30H,2,10-13,15-16H2,1H3,(H,39,43)/t27-,30?/m0/s1. The van der Waals surface area contributed by atoms with Crippen molar-refractivity contribution in [3.8, 4) is 6.07 Å². The Kier molecular flexibility index (Phi) is 8.99. The first kappa shape index (κ1) is 30.7. The molecule has 3 amide bonds. The molecule has 2 fully saturated rings. The summed E-state index contributed by atoms with van der Waals surface area (Å²) in [6.45, 7) is 1.90. The van der Waals surface area contributed by atoms with E-state index in [2.05, 4.69) is 10.3 Å². The summed E-state index contributed by atoms with van der Waals surface area (Å²) >= 11 is 0.